The second-order valence-electron chi connectivity index (χ2n) is 6.21. The predicted molar refractivity (Wildman–Crippen MR) is 97.9 cm³/mol. The number of amides is 1. The van der Waals surface area contributed by atoms with Crippen molar-refractivity contribution >= 4 is 22.6 Å². The fourth-order valence-corrected chi connectivity index (χ4v) is 3.55. The molecule has 0 saturated carbocycles. The quantitative estimate of drug-likeness (QED) is 0.767. The lowest BCUT2D eigenvalue weighted by atomic mass is 10.1. The van der Waals surface area contributed by atoms with E-state index in [1.54, 1.807) is 13.2 Å². The van der Waals surface area contributed by atoms with Gasteiger partial charge in [0.2, 0.25) is 0 Å². The molecule has 5 heteroatoms. The molecule has 3 N–H and O–H groups in total. The predicted octanol–water partition coefficient (Wildman–Crippen LogP) is 3.44. The van der Waals surface area contributed by atoms with Gasteiger partial charge in [0, 0.05) is 10.9 Å². The van der Waals surface area contributed by atoms with Gasteiger partial charge >= 0.3 is 0 Å². The molecule has 0 radical (unpaired) electrons. The molecule has 3 aromatic rings. The number of pyridine rings is 1. The van der Waals surface area contributed by atoms with Gasteiger partial charge in [0.25, 0.3) is 5.91 Å². The Hall–Kier alpha value is -3.08. The van der Waals surface area contributed by atoms with Crippen LogP contribution in [-0.4, -0.2) is 18.0 Å². The monoisotopic (exact) mass is 333 g/mol. The van der Waals surface area contributed by atoms with Gasteiger partial charge in [-0.2, -0.15) is 0 Å². The van der Waals surface area contributed by atoms with Crippen LogP contribution in [-0.2, 0) is 6.42 Å². The molecule has 1 unspecified atom stereocenters. The number of methoxy groups -OCH3 is 1. The number of primary amides is 1. The summed E-state index contributed by atoms with van der Waals surface area (Å²) in [5.74, 6) is 0.892. The number of aromatic nitrogens is 1. The summed E-state index contributed by atoms with van der Waals surface area (Å²) in [5, 5.41) is 4.32. The molecule has 1 aromatic heterocycles. The van der Waals surface area contributed by atoms with Crippen LogP contribution in [0.3, 0.4) is 0 Å². The Morgan fingerprint density at radius 3 is 2.88 bits per heavy atom. The van der Waals surface area contributed by atoms with Crippen molar-refractivity contribution in [1.82, 2.24) is 4.98 Å². The highest BCUT2D eigenvalue weighted by Gasteiger charge is 2.27. The molecule has 0 spiro atoms. The average molecular weight is 333 g/mol. The molecule has 0 fully saturated rings. The van der Waals surface area contributed by atoms with Crippen molar-refractivity contribution < 1.29 is 9.53 Å². The van der Waals surface area contributed by atoms with E-state index in [-0.39, 0.29) is 6.04 Å². The Morgan fingerprint density at radius 2 is 2.08 bits per heavy atom. The molecule has 1 atom stereocenters. The maximum Gasteiger partial charge on any atom is 0.252 e. The number of nitrogens with zero attached hydrogens (tertiary/aromatic N) is 1. The summed E-state index contributed by atoms with van der Waals surface area (Å²) in [7, 11) is 1.67. The van der Waals surface area contributed by atoms with Gasteiger partial charge in [0.05, 0.1) is 24.2 Å². The molecule has 4 rings (SSSR count). The normalized spacial score (nSPS) is 15.8. The van der Waals surface area contributed by atoms with Gasteiger partial charge in [0.1, 0.15) is 11.6 Å². The summed E-state index contributed by atoms with van der Waals surface area (Å²) in [4.78, 5) is 16.6. The number of anilines is 1. The Morgan fingerprint density at radius 1 is 1.24 bits per heavy atom. The molecule has 0 saturated heterocycles. The SMILES string of the molecule is COc1cccc2c1C(Nc1nc3ccccc3cc1C(N)=O)CC2. The van der Waals surface area contributed by atoms with Crippen molar-refractivity contribution in [2.75, 3.05) is 12.4 Å². The third-order valence-electron chi connectivity index (χ3n) is 4.73. The number of carbonyl (C=O) groups excluding carboxylic acids is 1. The lowest BCUT2D eigenvalue weighted by Crippen LogP contribution is -2.18. The zero-order valence-corrected chi connectivity index (χ0v) is 14.0. The first kappa shape index (κ1) is 15.4. The van der Waals surface area contributed by atoms with Gasteiger partial charge in [-0.15, -0.1) is 0 Å². The third-order valence-corrected chi connectivity index (χ3v) is 4.73. The summed E-state index contributed by atoms with van der Waals surface area (Å²) >= 11 is 0. The van der Waals surface area contributed by atoms with Gasteiger partial charge in [-0.05, 0) is 36.6 Å². The van der Waals surface area contributed by atoms with Gasteiger partial charge < -0.3 is 15.8 Å². The molecule has 1 heterocycles. The number of nitrogens with two attached hydrogens (primary N) is 1. The molecule has 25 heavy (non-hydrogen) atoms. The highest BCUT2D eigenvalue weighted by molar-refractivity contribution is 6.01. The van der Waals surface area contributed by atoms with Crippen molar-refractivity contribution in [1.29, 1.82) is 0 Å². The Kier molecular flexibility index (Phi) is 3.76. The van der Waals surface area contributed by atoms with E-state index >= 15 is 0 Å². The fraction of sp³-hybridized carbons (Fsp3) is 0.200. The standard InChI is InChI=1S/C20H19N3O2/c1-25-17-8-4-6-12-9-10-16(18(12)17)23-20-14(19(21)24)11-13-5-2-3-7-15(13)22-20/h2-8,11,16H,9-10H2,1H3,(H2,21,24)(H,22,23). The van der Waals surface area contributed by atoms with Crippen LogP contribution in [0.5, 0.6) is 5.75 Å². The molecule has 0 bridgehead atoms. The minimum Gasteiger partial charge on any atom is -0.496 e. The molecule has 0 aliphatic heterocycles. The van der Waals surface area contributed by atoms with E-state index in [1.165, 1.54) is 5.56 Å². The van der Waals surface area contributed by atoms with Crippen LogP contribution in [0, 0.1) is 0 Å². The maximum atomic E-state index is 11.9. The van der Waals surface area contributed by atoms with E-state index in [1.807, 2.05) is 36.4 Å². The van der Waals surface area contributed by atoms with Crippen LogP contribution in [0.15, 0.2) is 48.5 Å². The van der Waals surface area contributed by atoms with Crippen molar-refractivity contribution in [3.8, 4) is 5.75 Å². The smallest absolute Gasteiger partial charge is 0.252 e. The molecule has 126 valence electrons. The largest absolute Gasteiger partial charge is 0.496 e. The Balaban J connectivity index is 1.78. The number of ether oxygens (including phenoxy) is 1. The third kappa shape index (κ3) is 2.67. The lowest BCUT2D eigenvalue weighted by Gasteiger charge is -2.19. The first-order valence-electron chi connectivity index (χ1n) is 8.29. The van der Waals surface area contributed by atoms with Crippen LogP contribution in [0.1, 0.15) is 33.9 Å². The number of carbonyl (C=O) groups is 1. The van der Waals surface area contributed by atoms with E-state index in [0.29, 0.717) is 11.4 Å². The number of rotatable bonds is 4. The first-order chi connectivity index (χ1) is 12.2. The highest BCUT2D eigenvalue weighted by Crippen LogP contribution is 2.40. The minimum atomic E-state index is -0.487. The second kappa shape index (κ2) is 6.09. The summed E-state index contributed by atoms with van der Waals surface area (Å²) in [5.41, 5.74) is 9.22. The van der Waals surface area contributed by atoms with Gasteiger partial charge in [-0.25, -0.2) is 4.98 Å². The zero-order chi connectivity index (χ0) is 17.4. The number of hydrogen-bond donors (Lipinski definition) is 2. The number of hydrogen-bond acceptors (Lipinski definition) is 4. The Bertz CT molecular complexity index is 968. The van der Waals surface area contributed by atoms with Crippen molar-refractivity contribution in [3.05, 3.63) is 65.2 Å². The minimum absolute atomic E-state index is 0.0397. The molecular weight excluding hydrogens is 314 g/mol. The van der Waals surface area contributed by atoms with Crippen LogP contribution in [0.2, 0.25) is 0 Å². The van der Waals surface area contributed by atoms with Crippen LogP contribution in [0.25, 0.3) is 10.9 Å². The molecule has 5 nitrogen and oxygen atoms in total. The van der Waals surface area contributed by atoms with E-state index in [4.69, 9.17) is 10.5 Å². The molecule has 1 aliphatic carbocycles. The summed E-state index contributed by atoms with van der Waals surface area (Å²) < 4.78 is 5.52. The fourth-order valence-electron chi connectivity index (χ4n) is 3.55. The van der Waals surface area contributed by atoms with Gasteiger partial charge in [0.15, 0.2) is 0 Å². The maximum absolute atomic E-state index is 11.9. The van der Waals surface area contributed by atoms with E-state index in [0.717, 1.165) is 35.1 Å². The van der Waals surface area contributed by atoms with E-state index < -0.39 is 5.91 Å². The molecule has 1 aliphatic rings. The molecule has 1 amide bonds. The van der Waals surface area contributed by atoms with Crippen molar-refractivity contribution in [2.45, 2.75) is 18.9 Å². The lowest BCUT2D eigenvalue weighted by molar-refractivity contribution is 0.100. The molecule has 2 aromatic carbocycles. The number of para-hydroxylation sites is 1. The summed E-state index contributed by atoms with van der Waals surface area (Å²) in [6.45, 7) is 0. The first-order valence-corrected chi connectivity index (χ1v) is 8.29. The molecular formula is C20H19N3O2. The van der Waals surface area contributed by atoms with E-state index in [2.05, 4.69) is 16.4 Å². The Labute approximate surface area is 145 Å². The number of nitrogens with one attached hydrogen (secondary N) is 1. The number of benzene rings is 2. The topological polar surface area (TPSA) is 77.2 Å². The van der Waals surface area contributed by atoms with Crippen molar-refractivity contribution in [3.63, 3.8) is 0 Å². The number of fused-ring (bicyclic) bond motifs is 2. The van der Waals surface area contributed by atoms with Crippen LogP contribution < -0.4 is 15.8 Å². The van der Waals surface area contributed by atoms with Crippen LogP contribution >= 0.6 is 0 Å². The second-order valence-corrected chi connectivity index (χ2v) is 6.21. The number of aryl methyl sites for hydroxylation is 1. The zero-order valence-electron chi connectivity index (χ0n) is 14.0. The average Bonchev–Trinajstić information content (AvgIpc) is 3.04. The van der Waals surface area contributed by atoms with Gasteiger partial charge in [-0.3, -0.25) is 4.79 Å². The van der Waals surface area contributed by atoms with Gasteiger partial charge in [-0.1, -0.05) is 30.3 Å². The summed E-state index contributed by atoms with van der Waals surface area (Å²) in [6.07, 6.45) is 1.88. The van der Waals surface area contributed by atoms with Crippen LogP contribution in [0.4, 0.5) is 5.82 Å². The summed E-state index contributed by atoms with van der Waals surface area (Å²) in [6, 6.07) is 15.6. The highest BCUT2D eigenvalue weighted by atomic mass is 16.5. The van der Waals surface area contributed by atoms with Crippen molar-refractivity contribution in [2.24, 2.45) is 5.73 Å². The van der Waals surface area contributed by atoms with E-state index in [9.17, 15) is 4.79 Å².